The molecule has 28 heavy (non-hydrogen) atoms. The second-order valence-electron chi connectivity index (χ2n) is 6.39. The van der Waals surface area contributed by atoms with Crippen LogP contribution in [0.3, 0.4) is 0 Å². The van der Waals surface area contributed by atoms with E-state index in [9.17, 15) is 4.79 Å². The lowest BCUT2D eigenvalue weighted by Gasteiger charge is -2.17. The van der Waals surface area contributed by atoms with Crippen LogP contribution in [0, 0.1) is 0 Å². The van der Waals surface area contributed by atoms with Crippen LogP contribution in [0.1, 0.15) is 30.6 Å². The Hall–Kier alpha value is -2.93. The molecule has 1 aromatic carbocycles. The molecular weight excluding hydrogens is 356 g/mol. The summed E-state index contributed by atoms with van der Waals surface area (Å²) >= 11 is 0. The van der Waals surface area contributed by atoms with E-state index in [1.165, 1.54) is 7.11 Å². The normalized spacial score (nSPS) is 11.1. The number of hydrogen-bond acceptors (Lipinski definition) is 6. The van der Waals surface area contributed by atoms with Crippen LogP contribution in [0.15, 0.2) is 42.6 Å². The molecular formula is C21H26N4O3. The molecule has 0 aliphatic heterocycles. The molecule has 0 amide bonds. The first-order chi connectivity index (χ1) is 13.7. The standard InChI is InChI=1S/C21H26N4O3/c1-4-24(5-2)12-7-13-28-20-11-10-19-22-15-18(25(19)23-20)16-8-6-9-17(14-16)21(26)27-3/h6,8-11,14-15H,4-5,7,12-13H2,1-3H3. The molecule has 0 radical (unpaired) electrons. The Labute approximate surface area is 164 Å². The summed E-state index contributed by atoms with van der Waals surface area (Å²) in [6.45, 7) is 8.03. The predicted octanol–water partition coefficient (Wildman–Crippen LogP) is 3.29. The number of hydrogen-bond donors (Lipinski definition) is 0. The molecule has 0 spiro atoms. The van der Waals surface area contributed by atoms with Crippen molar-refractivity contribution in [3.05, 3.63) is 48.2 Å². The smallest absolute Gasteiger partial charge is 0.337 e. The molecule has 0 saturated carbocycles. The summed E-state index contributed by atoms with van der Waals surface area (Å²) in [5.74, 6) is 0.177. The molecule has 0 unspecified atom stereocenters. The van der Waals surface area contributed by atoms with Gasteiger partial charge in [0, 0.05) is 18.2 Å². The molecule has 3 aromatic rings. The number of aromatic nitrogens is 3. The zero-order valence-corrected chi connectivity index (χ0v) is 16.6. The SMILES string of the molecule is CCN(CC)CCCOc1ccc2ncc(-c3cccc(C(=O)OC)c3)n2n1. The van der Waals surface area contributed by atoms with E-state index in [0.717, 1.165) is 37.3 Å². The number of nitrogens with zero attached hydrogens (tertiary/aromatic N) is 4. The number of fused-ring (bicyclic) bond motifs is 1. The third-order valence-electron chi connectivity index (χ3n) is 4.68. The first-order valence-electron chi connectivity index (χ1n) is 9.55. The molecule has 0 aliphatic rings. The average Bonchev–Trinajstić information content (AvgIpc) is 3.16. The number of imidazole rings is 1. The second kappa shape index (κ2) is 9.32. The maximum absolute atomic E-state index is 11.8. The van der Waals surface area contributed by atoms with Gasteiger partial charge in [0.2, 0.25) is 5.88 Å². The van der Waals surface area contributed by atoms with Crippen molar-refractivity contribution in [3.8, 4) is 17.1 Å². The Balaban J connectivity index is 1.77. The summed E-state index contributed by atoms with van der Waals surface area (Å²) in [6.07, 6.45) is 2.68. The van der Waals surface area contributed by atoms with Crippen LogP contribution in [-0.4, -0.2) is 58.8 Å². The number of ether oxygens (including phenoxy) is 2. The molecule has 0 bridgehead atoms. The van der Waals surface area contributed by atoms with Gasteiger partial charge in [0.1, 0.15) is 0 Å². The fraction of sp³-hybridized carbons (Fsp3) is 0.381. The summed E-state index contributed by atoms with van der Waals surface area (Å²) in [5, 5.41) is 4.57. The Kier molecular flexibility index (Phi) is 6.60. The highest BCUT2D eigenvalue weighted by atomic mass is 16.5. The van der Waals surface area contributed by atoms with Crippen LogP contribution in [0.2, 0.25) is 0 Å². The molecule has 0 N–H and O–H groups in total. The van der Waals surface area contributed by atoms with Crippen molar-refractivity contribution in [1.82, 2.24) is 19.5 Å². The molecule has 3 rings (SSSR count). The summed E-state index contributed by atoms with van der Waals surface area (Å²) in [6, 6.07) is 10.9. The van der Waals surface area contributed by atoms with Gasteiger partial charge in [-0.15, -0.1) is 5.10 Å². The number of rotatable bonds is 9. The molecule has 148 valence electrons. The molecule has 0 atom stereocenters. The van der Waals surface area contributed by atoms with Gasteiger partial charge in [-0.2, -0.15) is 0 Å². The van der Waals surface area contributed by atoms with Gasteiger partial charge in [-0.25, -0.2) is 14.3 Å². The minimum atomic E-state index is -0.374. The van der Waals surface area contributed by atoms with Crippen LogP contribution in [-0.2, 0) is 4.74 Å². The fourth-order valence-electron chi connectivity index (χ4n) is 3.06. The van der Waals surface area contributed by atoms with E-state index in [4.69, 9.17) is 9.47 Å². The lowest BCUT2D eigenvalue weighted by atomic mass is 10.1. The van der Waals surface area contributed by atoms with E-state index < -0.39 is 0 Å². The highest BCUT2D eigenvalue weighted by Crippen LogP contribution is 2.22. The summed E-state index contributed by atoms with van der Waals surface area (Å²) in [7, 11) is 1.37. The number of methoxy groups -OCH3 is 1. The van der Waals surface area contributed by atoms with Gasteiger partial charge in [-0.05, 0) is 37.7 Å². The van der Waals surface area contributed by atoms with Crippen molar-refractivity contribution < 1.29 is 14.3 Å². The first-order valence-corrected chi connectivity index (χ1v) is 9.55. The molecule has 0 saturated heterocycles. The van der Waals surface area contributed by atoms with Crippen molar-refractivity contribution in [1.29, 1.82) is 0 Å². The molecule has 7 heteroatoms. The van der Waals surface area contributed by atoms with Gasteiger partial charge in [-0.3, -0.25) is 0 Å². The molecule has 0 aliphatic carbocycles. The van der Waals surface area contributed by atoms with E-state index in [0.29, 0.717) is 23.7 Å². The molecule has 2 heterocycles. The zero-order chi connectivity index (χ0) is 19.9. The number of esters is 1. The van der Waals surface area contributed by atoms with Crippen molar-refractivity contribution >= 4 is 11.6 Å². The molecule has 0 fully saturated rings. The van der Waals surface area contributed by atoms with Crippen molar-refractivity contribution in [3.63, 3.8) is 0 Å². The lowest BCUT2D eigenvalue weighted by Crippen LogP contribution is -2.25. The number of benzene rings is 1. The van der Waals surface area contributed by atoms with Crippen LogP contribution in [0.25, 0.3) is 16.9 Å². The van der Waals surface area contributed by atoms with Crippen LogP contribution >= 0.6 is 0 Å². The lowest BCUT2D eigenvalue weighted by molar-refractivity contribution is 0.0601. The van der Waals surface area contributed by atoms with Crippen molar-refractivity contribution in [2.75, 3.05) is 33.4 Å². The van der Waals surface area contributed by atoms with Gasteiger partial charge < -0.3 is 14.4 Å². The summed E-state index contributed by atoms with van der Waals surface area (Å²) in [4.78, 5) is 18.6. The largest absolute Gasteiger partial charge is 0.477 e. The Bertz CT molecular complexity index is 934. The first kappa shape index (κ1) is 19.8. The number of carbonyl (C=O) groups excluding carboxylic acids is 1. The van der Waals surface area contributed by atoms with E-state index in [1.54, 1.807) is 22.8 Å². The highest BCUT2D eigenvalue weighted by molar-refractivity contribution is 5.90. The van der Waals surface area contributed by atoms with Gasteiger partial charge in [0.15, 0.2) is 5.65 Å². The third-order valence-corrected chi connectivity index (χ3v) is 4.68. The maximum Gasteiger partial charge on any atom is 0.337 e. The van der Waals surface area contributed by atoms with E-state index in [1.807, 2.05) is 24.3 Å². The third kappa shape index (κ3) is 4.48. The van der Waals surface area contributed by atoms with Crippen LogP contribution in [0.4, 0.5) is 0 Å². The van der Waals surface area contributed by atoms with Gasteiger partial charge in [0.25, 0.3) is 0 Å². The van der Waals surface area contributed by atoms with E-state index in [-0.39, 0.29) is 5.97 Å². The van der Waals surface area contributed by atoms with Crippen molar-refractivity contribution in [2.24, 2.45) is 0 Å². The molecule has 2 aromatic heterocycles. The van der Waals surface area contributed by atoms with Gasteiger partial charge in [-0.1, -0.05) is 26.0 Å². The minimum Gasteiger partial charge on any atom is -0.477 e. The maximum atomic E-state index is 11.8. The summed E-state index contributed by atoms with van der Waals surface area (Å²) < 4.78 is 12.4. The molecule has 7 nitrogen and oxygen atoms in total. The van der Waals surface area contributed by atoms with E-state index >= 15 is 0 Å². The highest BCUT2D eigenvalue weighted by Gasteiger charge is 2.12. The monoisotopic (exact) mass is 382 g/mol. The topological polar surface area (TPSA) is 69.0 Å². The van der Waals surface area contributed by atoms with E-state index in [2.05, 4.69) is 28.8 Å². The summed E-state index contributed by atoms with van der Waals surface area (Å²) in [5.41, 5.74) is 2.82. The van der Waals surface area contributed by atoms with Crippen LogP contribution < -0.4 is 4.74 Å². The van der Waals surface area contributed by atoms with Crippen molar-refractivity contribution in [2.45, 2.75) is 20.3 Å². The zero-order valence-electron chi connectivity index (χ0n) is 16.6. The second-order valence-corrected chi connectivity index (χ2v) is 6.39. The quantitative estimate of drug-likeness (QED) is 0.418. The Morgan fingerprint density at radius 2 is 2.00 bits per heavy atom. The predicted molar refractivity (Wildman–Crippen MR) is 108 cm³/mol. The Morgan fingerprint density at radius 1 is 1.18 bits per heavy atom. The number of carbonyl (C=O) groups is 1. The van der Waals surface area contributed by atoms with Gasteiger partial charge in [0.05, 0.1) is 31.2 Å². The fourth-order valence-corrected chi connectivity index (χ4v) is 3.06. The Morgan fingerprint density at radius 3 is 2.75 bits per heavy atom. The van der Waals surface area contributed by atoms with Gasteiger partial charge >= 0.3 is 5.97 Å². The van der Waals surface area contributed by atoms with Crippen LogP contribution in [0.5, 0.6) is 5.88 Å². The average molecular weight is 382 g/mol. The minimum absolute atomic E-state index is 0.374.